The van der Waals surface area contributed by atoms with Gasteiger partial charge in [-0.15, -0.1) is 11.3 Å². The van der Waals surface area contributed by atoms with Crippen molar-refractivity contribution in [1.29, 1.82) is 0 Å². The molecule has 1 fully saturated rings. The number of likely N-dealkylation sites (tertiary alicyclic amines) is 1. The third kappa shape index (κ3) is 2.94. The maximum atomic E-state index is 4.60. The Bertz CT molecular complexity index is 563. The monoisotopic (exact) mass is 286 g/mol. The Balaban J connectivity index is 1.73. The van der Waals surface area contributed by atoms with Gasteiger partial charge in [0.1, 0.15) is 0 Å². The Morgan fingerprint density at radius 3 is 2.80 bits per heavy atom. The Labute approximate surface area is 125 Å². The van der Waals surface area contributed by atoms with Crippen LogP contribution in [0.25, 0.3) is 0 Å². The fraction of sp³-hybridized carbons (Fsp3) is 0.471. The van der Waals surface area contributed by atoms with Crippen molar-refractivity contribution in [2.75, 3.05) is 13.1 Å². The summed E-state index contributed by atoms with van der Waals surface area (Å²) in [7, 11) is 0. The van der Waals surface area contributed by atoms with Crippen LogP contribution >= 0.6 is 11.3 Å². The van der Waals surface area contributed by atoms with E-state index in [1.165, 1.54) is 35.7 Å². The summed E-state index contributed by atoms with van der Waals surface area (Å²) in [5.74, 6) is 0. The highest BCUT2D eigenvalue weighted by Gasteiger charge is 2.32. The maximum absolute atomic E-state index is 4.60. The molecule has 0 unspecified atom stereocenters. The van der Waals surface area contributed by atoms with Crippen molar-refractivity contribution >= 4 is 11.3 Å². The van der Waals surface area contributed by atoms with Gasteiger partial charge in [-0.2, -0.15) is 0 Å². The van der Waals surface area contributed by atoms with E-state index in [9.17, 15) is 0 Å². The molecule has 2 heterocycles. The second-order valence-electron chi connectivity index (χ2n) is 6.10. The zero-order chi connectivity index (χ0) is 14.0. The third-order valence-electron chi connectivity index (χ3n) is 4.30. The van der Waals surface area contributed by atoms with Gasteiger partial charge in [0.15, 0.2) is 0 Å². The van der Waals surface area contributed by atoms with Crippen molar-refractivity contribution < 1.29 is 0 Å². The molecule has 0 aliphatic carbocycles. The van der Waals surface area contributed by atoms with Gasteiger partial charge in [-0.25, -0.2) is 4.98 Å². The number of rotatable bonds is 3. The number of hydrogen-bond acceptors (Lipinski definition) is 3. The minimum atomic E-state index is 0.282. The quantitative estimate of drug-likeness (QED) is 0.847. The number of aromatic nitrogens is 1. The molecule has 1 aliphatic heterocycles. The van der Waals surface area contributed by atoms with E-state index in [1.807, 2.05) is 0 Å². The van der Waals surface area contributed by atoms with Crippen molar-refractivity contribution in [3.63, 3.8) is 0 Å². The highest BCUT2D eigenvalue weighted by atomic mass is 32.1. The van der Waals surface area contributed by atoms with Crippen LogP contribution in [0.2, 0.25) is 0 Å². The van der Waals surface area contributed by atoms with Crippen molar-refractivity contribution in [3.8, 4) is 0 Å². The van der Waals surface area contributed by atoms with Crippen LogP contribution < -0.4 is 0 Å². The van der Waals surface area contributed by atoms with E-state index < -0.39 is 0 Å². The van der Waals surface area contributed by atoms with Crippen molar-refractivity contribution in [2.45, 2.75) is 38.6 Å². The van der Waals surface area contributed by atoms with Gasteiger partial charge >= 0.3 is 0 Å². The summed E-state index contributed by atoms with van der Waals surface area (Å²) in [4.78, 5) is 7.16. The summed E-state index contributed by atoms with van der Waals surface area (Å²) in [6.45, 7) is 7.80. The van der Waals surface area contributed by atoms with E-state index in [2.05, 4.69) is 59.4 Å². The Morgan fingerprint density at radius 1 is 1.30 bits per heavy atom. The van der Waals surface area contributed by atoms with Crippen molar-refractivity contribution in [2.24, 2.45) is 0 Å². The molecule has 0 amide bonds. The number of hydrogen-bond donors (Lipinski definition) is 0. The predicted octanol–water partition coefficient (Wildman–Crippen LogP) is 4.01. The lowest BCUT2D eigenvalue weighted by molar-refractivity contribution is 0.148. The van der Waals surface area contributed by atoms with Gasteiger partial charge in [-0.3, -0.25) is 4.90 Å². The van der Waals surface area contributed by atoms with Crippen LogP contribution in [0.15, 0.2) is 35.7 Å². The first-order chi connectivity index (χ1) is 9.66. The summed E-state index contributed by atoms with van der Waals surface area (Å²) >= 11 is 1.75. The van der Waals surface area contributed by atoms with Crippen LogP contribution in [-0.4, -0.2) is 23.0 Å². The van der Waals surface area contributed by atoms with Gasteiger partial charge < -0.3 is 0 Å². The van der Waals surface area contributed by atoms with Gasteiger partial charge in [-0.1, -0.05) is 37.3 Å². The molecule has 2 nitrogen and oxygen atoms in total. The van der Waals surface area contributed by atoms with E-state index >= 15 is 0 Å². The zero-order valence-corrected chi connectivity index (χ0v) is 13.1. The molecule has 0 saturated carbocycles. The van der Waals surface area contributed by atoms with Gasteiger partial charge in [0.05, 0.1) is 10.7 Å². The van der Waals surface area contributed by atoms with Crippen LogP contribution in [0.4, 0.5) is 0 Å². The molecule has 3 rings (SSSR count). The molecule has 1 aliphatic rings. The molecule has 0 N–H and O–H groups in total. The fourth-order valence-electron chi connectivity index (χ4n) is 3.27. The molecule has 20 heavy (non-hydrogen) atoms. The molecule has 1 aromatic heterocycles. The molecular formula is C17H22N2S. The smallest absolute Gasteiger partial charge is 0.0897 e. The zero-order valence-electron chi connectivity index (χ0n) is 12.3. The van der Waals surface area contributed by atoms with Crippen molar-refractivity contribution in [1.82, 2.24) is 9.88 Å². The third-order valence-corrected chi connectivity index (χ3v) is 5.12. The topological polar surface area (TPSA) is 16.1 Å². The highest BCUT2D eigenvalue weighted by Crippen LogP contribution is 2.34. The highest BCUT2D eigenvalue weighted by molar-refractivity contribution is 7.09. The normalized spacial score (nSPS) is 23.9. The van der Waals surface area contributed by atoms with E-state index in [4.69, 9.17) is 0 Å². The average molecular weight is 286 g/mol. The number of benzene rings is 1. The lowest BCUT2D eigenvalue weighted by atomic mass is 9.76. The minimum Gasteiger partial charge on any atom is -0.297 e. The minimum absolute atomic E-state index is 0.282. The molecular weight excluding hydrogens is 264 g/mol. The number of nitrogens with zero attached hydrogens (tertiary/aromatic N) is 2. The standard InChI is InChI=1S/C17H22N2S/c1-14-18-16(12-20-14)11-19-10-6-9-17(2,13-19)15-7-4-3-5-8-15/h3-5,7-8,12H,6,9-11,13H2,1-2H3/t17-/m1/s1. The second-order valence-corrected chi connectivity index (χ2v) is 7.16. The van der Waals surface area contributed by atoms with Crippen LogP contribution in [-0.2, 0) is 12.0 Å². The molecule has 0 radical (unpaired) electrons. The molecule has 106 valence electrons. The Kier molecular flexibility index (Phi) is 3.90. The molecule has 3 heteroatoms. The molecule has 0 bridgehead atoms. The summed E-state index contributed by atoms with van der Waals surface area (Å²) in [5.41, 5.74) is 2.98. The van der Waals surface area contributed by atoms with E-state index in [0.717, 1.165) is 13.1 Å². The lowest BCUT2D eigenvalue weighted by Gasteiger charge is -2.40. The van der Waals surface area contributed by atoms with Crippen LogP contribution in [0, 0.1) is 6.92 Å². The number of thiazole rings is 1. The molecule has 2 aromatic rings. The van der Waals surface area contributed by atoms with E-state index in [-0.39, 0.29) is 5.41 Å². The van der Waals surface area contributed by atoms with E-state index in [0.29, 0.717) is 0 Å². The van der Waals surface area contributed by atoms with Crippen LogP contribution in [0.5, 0.6) is 0 Å². The van der Waals surface area contributed by atoms with Gasteiger partial charge in [0.2, 0.25) is 0 Å². The Morgan fingerprint density at radius 2 is 2.10 bits per heavy atom. The summed E-state index contributed by atoms with van der Waals surface area (Å²) < 4.78 is 0. The molecule has 1 atom stereocenters. The van der Waals surface area contributed by atoms with Gasteiger partial charge in [-0.05, 0) is 31.9 Å². The first-order valence-corrected chi connectivity index (χ1v) is 8.23. The fourth-order valence-corrected chi connectivity index (χ4v) is 3.87. The summed E-state index contributed by atoms with van der Waals surface area (Å²) in [5, 5.41) is 3.37. The average Bonchev–Trinajstić information content (AvgIpc) is 2.85. The lowest BCUT2D eigenvalue weighted by Crippen LogP contribution is -2.43. The molecule has 1 aromatic carbocycles. The van der Waals surface area contributed by atoms with Gasteiger partial charge in [0, 0.05) is 23.9 Å². The summed E-state index contributed by atoms with van der Waals surface area (Å²) in [6.07, 6.45) is 2.55. The van der Waals surface area contributed by atoms with Crippen LogP contribution in [0.1, 0.15) is 36.0 Å². The largest absolute Gasteiger partial charge is 0.297 e. The SMILES string of the molecule is Cc1nc(CN2CCC[C@@](C)(c3ccccc3)C2)cs1. The molecule has 0 spiro atoms. The van der Waals surface area contributed by atoms with E-state index in [1.54, 1.807) is 11.3 Å². The number of piperidine rings is 1. The molecule has 1 saturated heterocycles. The Hall–Kier alpha value is -1.19. The number of aryl methyl sites for hydroxylation is 1. The maximum Gasteiger partial charge on any atom is 0.0897 e. The van der Waals surface area contributed by atoms with Crippen molar-refractivity contribution in [3.05, 3.63) is 52.0 Å². The summed E-state index contributed by atoms with van der Waals surface area (Å²) in [6, 6.07) is 11.0. The first-order valence-electron chi connectivity index (χ1n) is 7.35. The van der Waals surface area contributed by atoms with Gasteiger partial charge in [0.25, 0.3) is 0 Å². The first kappa shape index (κ1) is 13.8. The second kappa shape index (κ2) is 5.66. The van der Waals surface area contributed by atoms with Crippen LogP contribution in [0.3, 0.4) is 0 Å². The predicted molar refractivity (Wildman–Crippen MR) is 85.2 cm³/mol.